The first-order valence-corrected chi connectivity index (χ1v) is 7.56. The van der Waals surface area contributed by atoms with Gasteiger partial charge in [-0.25, -0.2) is 4.98 Å². The van der Waals surface area contributed by atoms with Gasteiger partial charge in [-0.15, -0.1) is 11.3 Å². The van der Waals surface area contributed by atoms with Crippen molar-refractivity contribution in [3.8, 4) is 0 Å². The van der Waals surface area contributed by atoms with Gasteiger partial charge in [0.2, 0.25) is 5.91 Å². The summed E-state index contributed by atoms with van der Waals surface area (Å²) < 4.78 is 0. The second-order valence-corrected chi connectivity index (χ2v) is 6.22. The van der Waals surface area contributed by atoms with E-state index in [0.29, 0.717) is 6.54 Å². The number of amides is 1. The standard InChI is InChI=1S/C15H17N3OS/c1-10-17-8-12(20-10)9-18-15(19)14-13-5-3-2-4-11(13)6-7-16-14/h2-5,8,14,16H,6-7,9H2,1H3,(H,18,19). The summed E-state index contributed by atoms with van der Waals surface area (Å²) in [5.41, 5.74) is 2.36. The van der Waals surface area contributed by atoms with E-state index in [1.807, 2.05) is 31.3 Å². The Bertz CT molecular complexity index is 623. The van der Waals surface area contributed by atoms with E-state index in [1.165, 1.54) is 5.56 Å². The molecule has 0 aliphatic carbocycles. The summed E-state index contributed by atoms with van der Waals surface area (Å²) in [6.45, 7) is 3.36. The van der Waals surface area contributed by atoms with Crippen molar-refractivity contribution in [3.63, 3.8) is 0 Å². The van der Waals surface area contributed by atoms with Gasteiger partial charge in [0.15, 0.2) is 0 Å². The lowest BCUT2D eigenvalue weighted by atomic mass is 9.94. The minimum absolute atomic E-state index is 0.0307. The van der Waals surface area contributed by atoms with E-state index >= 15 is 0 Å². The summed E-state index contributed by atoms with van der Waals surface area (Å²) in [7, 11) is 0. The number of hydrogen-bond donors (Lipinski definition) is 2. The molecule has 0 spiro atoms. The maximum Gasteiger partial charge on any atom is 0.242 e. The number of rotatable bonds is 3. The van der Waals surface area contributed by atoms with E-state index in [1.54, 1.807) is 11.3 Å². The normalized spacial score (nSPS) is 17.6. The van der Waals surface area contributed by atoms with E-state index in [4.69, 9.17) is 0 Å². The number of fused-ring (bicyclic) bond motifs is 1. The van der Waals surface area contributed by atoms with Crippen molar-refractivity contribution in [2.24, 2.45) is 0 Å². The molecule has 0 fully saturated rings. The third-order valence-electron chi connectivity index (χ3n) is 3.48. The zero-order chi connectivity index (χ0) is 13.9. The predicted octanol–water partition coefficient (Wildman–Crippen LogP) is 1.95. The quantitative estimate of drug-likeness (QED) is 0.907. The average Bonchev–Trinajstić information content (AvgIpc) is 2.90. The molecular weight excluding hydrogens is 270 g/mol. The molecule has 2 heterocycles. The number of thiazole rings is 1. The molecule has 0 saturated heterocycles. The number of aryl methyl sites for hydroxylation is 1. The van der Waals surface area contributed by atoms with Gasteiger partial charge in [-0.3, -0.25) is 4.79 Å². The number of benzene rings is 1. The van der Waals surface area contributed by atoms with Crippen LogP contribution in [-0.4, -0.2) is 17.4 Å². The van der Waals surface area contributed by atoms with Crippen molar-refractivity contribution < 1.29 is 4.79 Å². The van der Waals surface area contributed by atoms with Crippen LogP contribution in [0.25, 0.3) is 0 Å². The number of carbonyl (C=O) groups excluding carboxylic acids is 1. The highest BCUT2D eigenvalue weighted by atomic mass is 32.1. The highest BCUT2D eigenvalue weighted by Crippen LogP contribution is 2.22. The largest absolute Gasteiger partial charge is 0.349 e. The molecule has 104 valence electrons. The van der Waals surface area contributed by atoms with Gasteiger partial charge in [0.25, 0.3) is 0 Å². The first kappa shape index (κ1) is 13.3. The molecule has 1 unspecified atom stereocenters. The number of hydrogen-bond acceptors (Lipinski definition) is 4. The third kappa shape index (κ3) is 2.73. The Hall–Kier alpha value is -1.72. The van der Waals surface area contributed by atoms with Crippen LogP contribution in [0.5, 0.6) is 0 Å². The van der Waals surface area contributed by atoms with E-state index in [0.717, 1.165) is 28.4 Å². The van der Waals surface area contributed by atoms with E-state index < -0.39 is 0 Å². The van der Waals surface area contributed by atoms with Gasteiger partial charge in [-0.1, -0.05) is 24.3 Å². The lowest BCUT2D eigenvalue weighted by Gasteiger charge is -2.25. The van der Waals surface area contributed by atoms with Gasteiger partial charge >= 0.3 is 0 Å². The summed E-state index contributed by atoms with van der Waals surface area (Å²) in [6, 6.07) is 7.90. The lowest BCUT2D eigenvalue weighted by molar-refractivity contribution is -0.123. The van der Waals surface area contributed by atoms with Crippen molar-refractivity contribution in [2.45, 2.75) is 25.9 Å². The van der Waals surface area contributed by atoms with Crippen LogP contribution in [0.4, 0.5) is 0 Å². The molecular formula is C15H17N3OS. The number of nitrogens with one attached hydrogen (secondary N) is 2. The number of nitrogens with zero attached hydrogens (tertiary/aromatic N) is 1. The number of carbonyl (C=O) groups is 1. The fourth-order valence-corrected chi connectivity index (χ4v) is 3.24. The van der Waals surface area contributed by atoms with Crippen molar-refractivity contribution in [2.75, 3.05) is 6.54 Å². The average molecular weight is 287 g/mol. The smallest absolute Gasteiger partial charge is 0.242 e. The van der Waals surface area contributed by atoms with Crippen LogP contribution in [0.1, 0.15) is 27.1 Å². The fraction of sp³-hybridized carbons (Fsp3) is 0.333. The summed E-state index contributed by atoms with van der Waals surface area (Å²) in [5.74, 6) is 0.0307. The van der Waals surface area contributed by atoms with E-state index in [2.05, 4.69) is 21.7 Å². The molecule has 1 aromatic heterocycles. The fourth-order valence-electron chi connectivity index (χ4n) is 2.50. The molecule has 5 heteroatoms. The van der Waals surface area contributed by atoms with Gasteiger partial charge < -0.3 is 10.6 Å². The Morgan fingerprint density at radius 3 is 3.15 bits per heavy atom. The molecule has 1 atom stereocenters. The Kier molecular flexibility index (Phi) is 3.80. The second-order valence-electron chi connectivity index (χ2n) is 4.90. The molecule has 1 amide bonds. The third-order valence-corrected chi connectivity index (χ3v) is 4.39. The van der Waals surface area contributed by atoms with Crippen LogP contribution in [0, 0.1) is 6.92 Å². The molecule has 1 aromatic carbocycles. The monoisotopic (exact) mass is 287 g/mol. The van der Waals surface area contributed by atoms with Crippen LogP contribution in [0.3, 0.4) is 0 Å². The Labute approximate surface area is 122 Å². The van der Waals surface area contributed by atoms with Crippen molar-refractivity contribution in [3.05, 3.63) is 51.5 Å². The van der Waals surface area contributed by atoms with Gasteiger partial charge in [-0.2, -0.15) is 0 Å². The van der Waals surface area contributed by atoms with Gasteiger partial charge in [-0.05, 0) is 24.5 Å². The van der Waals surface area contributed by atoms with Gasteiger partial charge in [0, 0.05) is 17.6 Å². The molecule has 2 aromatic rings. The van der Waals surface area contributed by atoms with E-state index in [-0.39, 0.29) is 11.9 Å². The SMILES string of the molecule is Cc1ncc(CNC(=O)C2NCCc3ccccc32)s1. The molecule has 0 radical (unpaired) electrons. The Morgan fingerprint density at radius 1 is 1.50 bits per heavy atom. The molecule has 20 heavy (non-hydrogen) atoms. The van der Waals surface area contributed by atoms with Crippen LogP contribution in [-0.2, 0) is 17.8 Å². The second kappa shape index (κ2) is 5.73. The summed E-state index contributed by atoms with van der Waals surface area (Å²) in [5, 5.41) is 7.31. The zero-order valence-electron chi connectivity index (χ0n) is 11.3. The van der Waals surface area contributed by atoms with Crippen molar-refractivity contribution in [1.82, 2.24) is 15.6 Å². The van der Waals surface area contributed by atoms with Gasteiger partial charge in [0.1, 0.15) is 6.04 Å². The molecule has 3 rings (SSSR count). The van der Waals surface area contributed by atoms with Gasteiger partial charge in [0.05, 0.1) is 11.6 Å². The summed E-state index contributed by atoms with van der Waals surface area (Å²) in [6.07, 6.45) is 2.80. The van der Waals surface area contributed by atoms with E-state index in [9.17, 15) is 4.79 Å². The molecule has 0 saturated carbocycles. The van der Waals surface area contributed by atoms with Crippen LogP contribution in [0.2, 0.25) is 0 Å². The highest BCUT2D eigenvalue weighted by molar-refractivity contribution is 7.11. The first-order valence-electron chi connectivity index (χ1n) is 6.74. The lowest BCUT2D eigenvalue weighted by Crippen LogP contribution is -2.41. The topological polar surface area (TPSA) is 54.0 Å². The number of aromatic nitrogens is 1. The maximum atomic E-state index is 12.4. The van der Waals surface area contributed by atoms with Crippen LogP contribution >= 0.6 is 11.3 Å². The molecule has 2 N–H and O–H groups in total. The summed E-state index contributed by atoms with van der Waals surface area (Å²) >= 11 is 1.62. The summed E-state index contributed by atoms with van der Waals surface area (Å²) in [4.78, 5) is 17.6. The predicted molar refractivity (Wildman–Crippen MR) is 79.6 cm³/mol. The van der Waals surface area contributed by atoms with Crippen molar-refractivity contribution in [1.29, 1.82) is 0 Å². The molecule has 0 bridgehead atoms. The van der Waals surface area contributed by atoms with Crippen LogP contribution < -0.4 is 10.6 Å². The Morgan fingerprint density at radius 2 is 2.35 bits per heavy atom. The molecule has 4 nitrogen and oxygen atoms in total. The molecule has 1 aliphatic heterocycles. The zero-order valence-corrected chi connectivity index (χ0v) is 12.2. The highest BCUT2D eigenvalue weighted by Gasteiger charge is 2.25. The van der Waals surface area contributed by atoms with Crippen LogP contribution in [0.15, 0.2) is 30.5 Å². The molecule has 1 aliphatic rings. The van der Waals surface area contributed by atoms with Crippen molar-refractivity contribution >= 4 is 17.2 Å². The Balaban J connectivity index is 1.69. The minimum atomic E-state index is -0.242. The first-order chi connectivity index (χ1) is 9.74. The maximum absolute atomic E-state index is 12.4. The minimum Gasteiger partial charge on any atom is -0.349 e.